The Bertz CT molecular complexity index is 162. The topological polar surface area (TPSA) is 18.5 Å². The largest absolute Gasteiger partial charge is 0.451 e. The number of halogens is 6. The van der Waals surface area contributed by atoms with Gasteiger partial charge in [-0.1, -0.05) is 0 Å². The SMILES string of the molecule is F[C@H]1OC(F)(F)C(F)(F)O[C@@H]1F. The van der Waals surface area contributed by atoms with Crippen LogP contribution in [0.4, 0.5) is 26.3 Å². The second kappa shape index (κ2) is 2.49. The molecular weight excluding hydrogens is 194 g/mol. The first-order chi connectivity index (χ1) is 5.26. The third-order valence-electron chi connectivity index (χ3n) is 1.07. The van der Waals surface area contributed by atoms with Gasteiger partial charge in [0.25, 0.3) is 12.7 Å². The summed E-state index contributed by atoms with van der Waals surface area (Å²) >= 11 is 0. The molecule has 1 saturated heterocycles. The van der Waals surface area contributed by atoms with Gasteiger partial charge in [0, 0.05) is 0 Å². The van der Waals surface area contributed by atoms with Crippen molar-refractivity contribution in [3.63, 3.8) is 0 Å². The number of hydrogen-bond donors (Lipinski definition) is 0. The quantitative estimate of drug-likeness (QED) is 0.550. The first kappa shape index (κ1) is 9.59. The van der Waals surface area contributed by atoms with Gasteiger partial charge in [-0.05, 0) is 0 Å². The predicted molar refractivity (Wildman–Crippen MR) is 21.9 cm³/mol. The van der Waals surface area contributed by atoms with Gasteiger partial charge in [0.05, 0.1) is 0 Å². The summed E-state index contributed by atoms with van der Waals surface area (Å²) in [5.74, 6) is 0. The van der Waals surface area contributed by atoms with E-state index in [0.717, 1.165) is 0 Å². The summed E-state index contributed by atoms with van der Waals surface area (Å²) in [5, 5.41) is 0. The fourth-order valence-corrected chi connectivity index (χ4v) is 0.527. The zero-order valence-corrected chi connectivity index (χ0v) is 5.24. The molecule has 0 spiro atoms. The molecule has 1 heterocycles. The highest BCUT2D eigenvalue weighted by molar-refractivity contribution is 4.73. The lowest BCUT2D eigenvalue weighted by Gasteiger charge is -2.33. The highest BCUT2D eigenvalue weighted by Gasteiger charge is 2.67. The first-order valence-electron chi connectivity index (χ1n) is 2.66. The van der Waals surface area contributed by atoms with Crippen molar-refractivity contribution in [3.8, 4) is 0 Å². The van der Waals surface area contributed by atoms with Crippen LogP contribution in [0.15, 0.2) is 0 Å². The third-order valence-corrected chi connectivity index (χ3v) is 1.07. The molecule has 1 fully saturated rings. The van der Waals surface area contributed by atoms with Crippen LogP contribution in [-0.4, -0.2) is 24.9 Å². The van der Waals surface area contributed by atoms with Crippen LogP contribution in [0.25, 0.3) is 0 Å². The maximum absolute atomic E-state index is 11.9. The van der Waals surface area contributed by atoms with Gasteiger partial charge in [0.1, 0.15) is 0 Å². The van der Waals surface area contributed by atoms with E-state index in [4.69, 9.17) is 0 Å². The molecule has 0 aromatic carbocycles. The Balaban J connectivity index is 2.80. The minimum Gasteiger partial charge on any atom is -0.273 e. The van der Waals surface area contributed by atoms with E-state index in [2.05, 4.69) is 9.47 Å². The van der Waals surface area contributed by atoms with Crippen molar-refractivity contribution >= 4 is 0 Å². The van der Waals surface area contributed by atoms with Crippen molar-refractivity contribution in [2.24, 2.45) is 0 Å². The molecule has 2 nitrogen and oxygen atoms in total. The molecule has 1 aliphatic heterocycles. The van der Waals surface area contributed by atoms with E-state index < -0.39 is 24.9 Å². The molecule has 0 radical (unpaired) electrons. The Morgan fingerprint density at radius 1 is 0.750 bits per heavy atom. The standard InChI is InChI=1S/C4H2F6O2/c5-1-2(6)12-4(9,10)3(7,8)11-1/h1-2H/t1-,2-/m0/s1. The summed E-state index contributed by atoms with van der Waals surface area (Å²) in [6.45, 7) is 0. The Morgan fingerprint density at radius 3 is 1.25 bits per heavy atom. The number of hydrogen-bond acceptors (Lipinski definition) is 2. The van der Waals surface area contributed by atoms with Crippen molar-refractivity contribution in [3.05, 3.63) is 0 Å². The van der Waals surface area contributed by atoms with Gasteiger partial charge in [-0.3, -0.25) is 9.47 Å². The van der Waals surface area contributed by atoms with Crippen LogP contribution >= 0.6 is 0 Å². The van der Waals surface area contributed by atoms with Crippen molar-refractivity contribution < 1.29 is 35.8 Å². The summed E-state index contributed by atoms with van der Waals surface area (Å²) < 4.78 is 76.9. The molecule has 0 aromatic heterocycles. The van der Waals surface area contributed by atoms with E-state index in [9.17, 15) is 26.3 Å². The molecule has 12 heavy (non-hydrogen) atoms. The van der Waals surface area contributed by atoms with Gasteiger partial charge in [-0.25, -0.2) is 8.78 Å². The average Bonchev–Trinajstić information content (AvgIpc) is 1.82. The van der Waals surface area contributed by atoms with Crippen molar-refractivity contribution in [2.45, 2.75) is 24.9 Å². The van der Waals surface area contributed by atoms with E-state index in [-0.39, 0.29) is 0 Å². The van der Waals surface area contributed by atoms with Gasteiger partial charge in [-0.2, -0.15) is 17.6 Å². The Labute approximate surface area is 62.0 Å². The highest BCUT2D eigenvalue weighted by atomic mass is 19.3. The van der Waals surface area contributed by atoms with E-state index >= 15 is 0 Å². The van der Waals surface area contributed by atoms with E-state index in [1.165, 1.54) is 0 Å². The summed E-state index contributed by atoms with van der Waals surface area (Å²) in [5.41, 5.74) is 0. The Morgan fingerprint density at radius 2 is 1.00 bits per heavy atom. The van der Waals surface area contributed by atoms with E-state index in [1.807, 2.05) is 0 Å². The van der Waals surface area contributed by atoms with Gasteiger partial charge >= 0.3 is 12.2 Å². The molecule has 1 rings (SSSR count). The normalized spacial score (nSPS) is 39.5. The molecule has 0 unspecified atom stereocenters. The van der Waals surface area contributed by atoms with E-state index in [1.54, 1.807) is 0 Å². The minimum absolute atomic E-state index is 2.75. The molecule has 72 valence electrons. The molecule has 0 amide bonds. The number of alkyl halides is 6. The van der Waals surface area contributed by atoms with Gasteiger partial charge in [-0.15, -0.1) is 0 Å². The maximum Gasteiger partial charge on any atom is 0.451 e. The van der Waals surface area contributed by atoms with Crippen molar-refractivity contribution in [1.82, 2.24) is 0 Å². The third kappa shape index (κ3) is 1.36. The molecule has 2 atom stereocenters. The summed E-state index contributed by atoms with van der Waals surface area (Å²) in [4.78, 5) is 0. The highest BCUT2D eigenvalue weighted by Crippen LogP contribution is 2.43. The molecule has 1 aliphatic rings. The van der Waals surface area contributed by atoms with Gasteiger partial charge < -0.3 is 0 Å². The van der Waals surface area contributed by atoms with E-state index in [0.29, 0.717) is 0 Å². The summed E-state index contributed by atoms with van der Waals surface area (Å²) in [7, 11) is 0. The number of ether oxygens (including phenoxy) is 2. The molecule has 0 bridgehead atoms. The van der Waals surface area contributed by atoms with Gasteiger partial charge in [0.2, 0.25) is 0 Å². The van der Waals surface area contributed by atoms with Crippen LogP contribution in [-0.2, 0) is 9.47 Å². The lowest BCUT2D eigenvalue weighted by molar-refractivity contribution is -0.514. The Hall–Kier alpha value is -0.500. The second-order valence-electron chi connectivity index (χ2n) is 1.97. The minimum atomic E-state index is -5.14. The van der Waals surface area contributed by atoms with Crippen LogP contribution < -0.4 is 0 Å². The number of rotatable bonds is 0. The monoisotopic (exact) mass is 196 g/mol. The molecule has 8 heteroatoms. The summed E-state index contributed by atoms with van der Waals surface area (Å²) in [6.07, 6.45) is -16.7. The zero-order chi connectivity index (χ0) is 9.57. The van der Waals surface area contributed by atoms with Crippen LogP contribution in [0.2, 0.25) is 0 Å². The molecular formula is C4H2F6O2. The zero-order valence-electron chi connectivity index (χ0n) is 5.24. The molecule has 0 aromatic rings. The molecule has 0 N–H and O–H groups in total. The smallest absolute Gasteiger partial charge is 0.273 e. The van der Waals surface area contributed by atoms with Gasteiger partial charge in [0.15, 0.2) is 0 Å². The van der Waals surface area contributed by atoms with Crippen molar-refractivity contribution in [2.75, 3.05) is 0 Å². The lowest BCUT2D eigenvalue weighted by Crippen LogP contribution is -2.55. The fourth-order valence-electron chi connectivity index (χ4n) is 0.527. The summed E-state index contributed by atoms with van der Waals surface area (Å²) in [6, 6.07) is 0. The fraction of sp³-hybridized carbons (Fsp3) is 1.00. The first-order valence-corrected chi connectivity index (χ1v) is 2.66. The molecule has 0 saturated carbocycles. The maximum atomic E-state index is 11.9. The predicted octanol–water partition coefficient (Wildman–Crippen LogP) is 1.81. The van der Waals surface area contributed by atoms with Crippen LogP contribution in [0.1, 0.15) is 0 Å². The Kier molecular flexibility index (Phi) is 1.99. The second-order valence-corrected chi connectivity index (χ2v) is 1.97. The van der Waals surface area contributed by atoms with Crippen LogP contribution in [0.5, 0.6) is 0 Å². The lowest BCUT2D eigenvalue weighted by atomic mass is 10.5. The van der Waals surface area contributed by atoms with Crippen LogP contribution in [0, 0.1) is 0 Å². The van der Waals surface area contributed by atoms with Crippen molar-refractivity contribution in [1.29, 1.82) is 0 Å². The average molecular weight is 196 g/mol. The van der Waals surface area contributed by atoms with Crippen LogP contribution in [0.3, 0.4) is 0 Å². The molecule has 0 aliphatic carbocycles.